The summed E-state index contributed by atoms with van der Waals surface area (Å²) in [5.41, 5.74) is 0.795. The van der Waals surface area contributed by atoms with Gasteiger partial charge in [-0.15, -0.1) is 0 Å². The Morgan fingerprint density at radius 2 is 1.93 bits per heavy atom. The van der Waals surface area contributed by atoms with Gasteiger partial charge in [0.25, 0.3) is 0 Å². The third-order valence-corrected chi connectivity index (χ3v) is 4.09. The molecule has 0 aromatic rings. The van der Waals surface area contributed by atoms with Gasteiger partial charge in [0.1, 0.15) is 0 Å². The predicted molar refractivity (Wildman–Crippen MR) is 58.4 cm³/mol. The third-order valence-electron chi connectivity index (χ3n) is 4.09. The molecule has 2 heteroatoms. The zero-order chi connectivity index (χ0) is 10.2. The number of hydrogen-bond acceptors (Lipinski definition) is 2. The van der Waals surface area contributed by atoms with E-state index in [0.29, 0.717) is 11.5 Å². The highest BCUT2D eigenvalue weighted by Gasteiger charge is 2.44. The van der Waals surface area contributed by atoms with Crippen LogP contribution in [-0.4, -0.2) is 24.8 Å². The average molecular weight is 197 g/mol. The smallest absolute Gasteiger partial charge is 0.0645 e. The van der Waals surface area contributed by atoms with Gasteiger partial charge in [-0.25, -0.2) is 0 Å². The molecule has 2 atom stereocenters. The van der Waals surface area contributed by atoms with Gasteiger partial charge in [-0.3, -0.25) is 0 Å². The molecular formula is C12H23NO. The second-order valence-electron chi connectivity index (χ2n) is 5.74. The molecule has 1 heterocycles. The summed E-state index contributed by atoms with van der Waals surface area (Å²) in [5.74, 6) is 0. The first-order valence-electron chi connectivity index (χ1n) is 5.90. The summed E-state index contributed by atoms with van der Waals surface area (Å²) in [4.78, 5) is 0. The molecule has 0 aromatic carbocycles. The third kappa shape index (κ3) is 2.12. The maximum atomic E-state index is 5.56. The van der Waals surface area contributed by atoms with Crippen molar-refractivity contribution in [1.29, 1.82) is 0 Å². The van der Waals surface area contributed by atoms with Gasteiger partial charge in [0.2, 0.25) is 0 Å². The van der Waals surface area contributed by atoms with Gasteiger partial charge in [0.05, 0.1) is 6.61 Å². The molecule has 82 valence electrons. The summed E-state index contributed by atoms with van der Waals surface area (Å²) >= 11 is 0. The summed E-state index contributed by atoms with van der Waals surface area (Å²) in [7, 11) is 0. The fourth-order valence-electron chi connectivity index (χ4n) is 2.37. The molecule has 2 aliphatic rings. The van der Waals surface area contributed by atoms with Crippen molar-refractivity contribution in [3.05, 3.63) is 0 Å². The molecule has 0 spiro atoms. The van der Waals surface area contributed by atoms with Crippen LogP contribution in [0.15, 0.2) is 0 Å². The van der Waals surface area contributed by atoms with E-state index >= 15 is 0 Å². The van der Waals surface area contributed by atoms with E-state index < -0.39 is 0 Å². The highest BCUT2D eigenvalue weighted by molar-refractivity contribution is 5.00. The maximum absolute atomic E-state index is 5.56. The number of hydrogen-bond donors (Lipinski definition) is 1. The minimum Gasteiger partial charge on any atom is -0.380 e. The zero-order valence-corrected chi connectivity index (χ0v) is 9.73. The quantitative estimate of drug-likeness (QED) is 0.750. The molecule has 2 rings (SSSR count). The molecule has 1 aliphatic carbocycles. The fourth-order valence-corrected chi connectivity index (χ4v) is 2.37. The minimum atomic E-state index is 0.225. The standard InChI is InChI=1S/C12H23NO/c1-10(11(2)6-7-11)13-12(3)5-4-8-14-9-12/h10,13H,4-9H2,1-3H3. The van der Waals surface area contributed by atoms with E-state index in [2.05, 4.69) is 26.1 Å². The SMILES string of the molecule is CC(NC1(C)CCCOC1)C1(C)CC1. The highest BCUT2D eigenvalue weighted by Crippen LogP contribution is 2.48. The summed E-state index contributed by atoms with van der Waals surface area (Å²) in [6, 6.07) is 0.634. The van der Waals surface area contributed by atoms with Gasteiger partial charge in [-0.1, -0.05) is 6.92 Å². The van der Waals surface area contributed by atoms with Crippen LogP contribution in [0.3, 0.4) is 0 Å². The topological polar surface area (TPSA) is 21.3 Å². The van der Waals surface area contributed by atoms with Gasteiger partial charge in [-0.2, -0.15) is 0 Å². The molecule has 0 radical (unpaired) electrons. The van der Waals surface area contributed by atoms with Crippen molar-refractivity contribution in [2.75, 3.05) is 13.2 Å². The van der Waals surface area contributed by atoms with Crippen molar-refractivity contribution in [3.63, 3.8) is 0 Å². The van der Waals surface area contributed by atoms with Gasteiger partial charge < -0.3 is 10.1 Å². The minimum absolute atomic E-state index is 0.225. The monoisotopic (exact) mass is 197 g/mol. The average Bonchev–Trinajstić information content (AvgIpc) is 2.85. The van der Waals surface area contributed by atoms with Crippen molar-refractivity contribution >= 4 is 0 Å². The first kappa shape index (κ1) is 10.4. The van der Waals surface area contributed by atoms with Crippen LogP contribution in [0.2, 0.25) is 0 Å². The number of rotatable bonds is 3. The molecule has 2 unspecified atom stereocenters. The second kappa shape index (κ2) is 3.49. The summed E-state index contributed by atoms with van der Waals surface area (Å²) in [6.45, 7) is 8.84. The lowest BCUT2D eigenvalue weighted by molar-refractivity contribution is 0.0199. The maximum Gasteiger partial charge on any atom is 0.0645 e. The Kier molecular flexibility index (Phi) is 2.61. The van der Waals surface area contributed by atoms with Gasteiger partial charge >= 0.3 is 0 Å². The molecule has 0 amide bonds. The highest BCUT2D eigenvalue weighted by atomic mass is 16.5. The molecule has 2 nitrogen and oxygen atoms in total. The molecule has 1 saturated carbocycles. The van der Waals surface area contributed by atoms with Gasteiger partial charge in [0.15, 0.2) is 0 Å². The van der Waals surface area contributed by atoms with Crippen LogP contribution < -0.4 is 5.32 Å². The van der Waals surface area contributed by atoms with Crippen LogP contribution in [0.4, 0.5) is 0 Å². The number of nitrogens with one attached hydrogen (secondary N) is 1. The van der Waals surface area contributed by atoms with Crippen LogP contribution in [0.1, 0.15) is 46.5 Å². The Bertz CT molecular complexity index is 204. The predicted octanol–water partition coefficient (Wildman–Crippen LogP) is 2.33. The molecule has 14 heavy (non-hydrogen) atoms. The Labute approximate surface area is 87.4 Å². The lowest BCUT2D eigenvalue weighted by Gasteiger charge is -2.38. The van der Waals surface area contributed by atoms with Crippen LogP contribution in [0.25, 0.3) is 0 Å². The lowest BCUT2D eigenvalue weighted by atomic mass is 9.90. The van der Waals surface area contributed by atoms with Gasteiger partial charge in [0, 0.05) is 18.2 Å². The largest absolute Gasteiger partial charge is 0.380 e. The van der Waals surface area contributed by atoms with Crippen LogP contribution in [0.5, 0.6) is 0 Å². The molecule has 2 fully saturated rings. The Balaban J connectivity index is 1.88. The molecule has 0 bridgehead atoms. The van der Waals surface area contributed by atoms with E-state index in [4.69, 9.17) is 4.74 Å². The summed E-state index contributed by atoms with van der Waals surface area (Å²) in [5, 5.41) is 3.77. The Morgan fingerprint density at radius 3 is 2.43 bits per heavy atom. The van der Waals surface area contributed by atoms with Crippen molar-refractivity contribution in [1.82, 2.24) is 5.32 Å². The first-order chi connectivity index (χ1) is 6.54. The van der Waals surface area contributed by atoms with E-state index in [1.165, 1.54) is 25.7 Å². The molecular weight excluding hydrogens is 174 g/mol. The molecule has 1 saturated heterocycles. The lowest BCUT2D eigenvalue weighted by Crippen LogP contribution is -2.54. The van der Waals surface area contributed by atoms with E-state index in [9.17, 15) is 0 Å². The normalized spacial score (nSPS) is 37.9. The zero-order valence-electron chi connectivity index (χ0n) is 9.73. The Hall–Kier alpha value is -0.0800. The van der Waals surface area contributed by atoms with Crippen LogP contribution in [0, 0.1) is 5.41 Å². The van der Waals surface area contributed by atoms with E-state index in [0.717, 1.165) is 13.2 Å². The molecule has 1 aliphatic heterocycles. The summed E-state index contributed by atoms with van der Waals surface area (Å²) in [6.07, 6.45) is 5.23. The molecule has 0 aromatic heterocycles. The van der Waals surface area contributed by atoms with Crippen LogP contribution in [-0.2, 0) is 4.74 Å². The van der Waals surface area contributed by atoms with Crippen molar-refractivity contribution in [2.45, 2.75) is 58.0 Å². The van der Waals surface area contributed by atoms with Crippen molar-refractivity contribution in [2.24, 2.45) is 5.41 Å². The van der Waals surface area contributed by atoms with Crippen LogP contribution >= 0.6 is 0 Å². The first-order valence-corrected chi connectivity index (χ1v) is 5.90. The Morgan fingerprint density at radius 1 is 1.21 bits per heavy atom. The summed E-state index contributed by atoms with van der Waals surface area (Å²) < 4.78 is 5.56. The fraction of sp³-hybridized carbons (Fsp3) is 1.00. The van der Waals surface area contributed by atoms with Gasteiger partial charge in [-0.05, 0) is 44.9 Å². The van der Waals surface area contributed by atoms with Crippen molar-refractivity contribution in [3.8, 4) is 0 Å². The van der Waals surface area contributed by atoms with E-state index in [1.54, 1.807) is 0 Å². The number of ether oxygens (including phenoxy) is 1. The van der Waals surface area contributed by atoms with E-state index in [-0.39, 0.29) is 5.54 Å². The van der Waals surface area contributed by atoms with Crippen molar-refractivity contribution < 1.29 is 4.74 Å². The molecule has 1 N–H and O–H groups in total. The second-order valence-corrected chi connectivity index (χ2v) is 5.74. The van der Waals surface area contributed by atoms with E-state index in [1.807, 2.05) is 0 Å².